The van der Waals surface area contributed by atoms with Crippen molar-refractivity contribution in [3.63, 3.8) is 0 Å². The predicted octanol–water partition coefficient (Wildman–Crippen LogP) is 3.62. The van der Waals surface area contributed by atoms with Gasteiger partial charge in [0.1, 0.15) is 5.75 Å². The summed E-state index contributed by atoms with van der Waals surface area (Å²) >= 11 is 3.42. The first-order valence-electron chi connectivity index (χ1n) is 7.02. The third kappa shape index (κ3) is 3.84. The molecule has 0 bridgehead atoms. The van der Waals surface area contributed by atoms with Crippen molar-refractivity contribution in [1.82, 2.24) is 0 Å². The first-order chi connectivity index (χ1) is 10.2. The van der Waals surface area contributed by atoms with Gasteiger partial charge in [0, 0.05) is 22.5 Å². The lowest BCUT2D eigenvalue weighted by Crippen LogP contribution is -2.20. The number of hydrogen-bond acceptors (Lipinski definition) is 3. The van der Waals surface area contributed by atoms with Gasteiger partial charge in [-0.05, 0) is 30.7 Å². The second kappa shape index (κ2) is 7.59. The van der Waals surface area contributed by atoms with Crippen LogP contribution in [-0.2, 0) is 0 Å². The summed E-state index contributed by atoms with van der Waals surface area (Å²) in [4.78, 5) is 0. The van der Waals surface area contributed by atoms with Crippen molar-refractivity contribution < 1.29 is 9.84 Å². The van der Waals surface area contributed by atoms with Gasteiger partial charge in [-0.1, -0.05) is 46.3 Å². The van der Waals surface area contributed by atoms with Crippen LogP contribution in [0.3, 0.4) is 0 Å². The Morgan fingerprint density at radius 1 is 1.14 bits per heavy atom. The van der Waals surface area contributed by atoms with Crippen molar-refractivity contribution in [3.8, 4) is 5.75 Å². The molecule has 2 aromatic rings. The van der Waals surface area contributed by atoms with Crippen LogP contribution in [-0.4, -0.2) is 18.3 Å². The minimum Gasteiger partial charge on any atom is -0.493 e. The van der Waals surface area contributed by atoms with E-state index in [9.17, 15) is 5.11 Å². The molecule has 0 saturated carbocycles. The Kier molecular flexibility index (Phi) is 5.79. The van der Waals surface area contributed by atoms with E-state index in [0.717, 1.165) is 15.6 Å². The zero-order valence-corrected chi connectivity index (χ0v) is 13.6. The number of benzene rings is 2. The molecule has 4 heteroatoms. The quantitative estimate of drug-likeness (QED) is 0.837. The summed E-state index contributed by atoms with van der Waals surface area (Å²) in [7, 11) is 0. The van der Waals surface area contributed by atoms with Crippen LogP contribution in [0, 0.1) is 0 Å². The highest BCUT2D eigenvalue weighted by Crippen LogP contribution is 2.35. The highest BCUT2D eigenvalue weighted by molar-refractivity contribution is 9.10. The monoisotopic (exact) mass is 349 g/mol. The number of para-hydroxylation sites is 1. The van der Waals surface area contributed by atoms with Gasteiger partial charge < -0.3 is 15.6 Å². The average Bonchev–Trinajstić information content (AvgIpc) is 2.50. The molecule has 0 aliphatic rings. The Balaban J connectivity index is 2.32. The Morgan fingerprint density at radius 2 is 1.81 bits per heavy atom. The van der Waals surface area contributed by atoms with E-state index in [-0.39, 0.29) is 5.92 Å². The summed E-state index contributed by atoms with van der Waals surface area (Å²) < 4.78 is 6.61. The predicted molar refractivity (Wildman–Crippen MR) is 88.5 cm³/mol. The Morgan fingerprint density at radius 3 is 2.43 bits per heavy atom. The molecule has 0 amide bonds. The van der Waals surface area contributed by atoms with Gasteiger partial charge >= 0.3 is 0 Å². The van der Waals surface area contributed by atoms with Gasteiger partial charge in [0.15, 0.2) is 0 Å². The molecule has 0 aliphatic carbocycles. The summed E-state index contributed by atoms with van der Waals surface area (Å²) in [6.45, 7) is 2.86. The maximum absolute atomic E-state index is 10.7. The molecular weight excluding hydrogens is 330 g/mol. The van der Waals surface area contributed by atoms with Crippen molar-refractivity contribution >= 4 is 15.9 Å². The molecule has 3 nitrogen and oxygen atoms in total. The zero-order valence-electron chi connectivity index (χ0n) is 12.0. The van der Waals surface area contributed by atoms with Gasteiger partial charge in [0.25, 0.3) is 0 Å². The molecule has 0 saturated heterocycles. The van der Waals surface area contributed by atoms with Crippen LogP contribution in [0.4, 0.5) is 0 Å². The van der Waals surface area contributed by atoms with E-state index in [4.69, 9.17) is 10.5 Å². The van der Waals surface area contributed by atoms with Gasteiger partial charge in [-0.25, -0.2) is 0 Å². The molecule has 2 atom stereocenters. The van der Waals surface area contributed by atoms with Gasteiger partial charge in [-0.15, -0.1) is 0 Å². The Labute approximate surface area is 133 Å². The molecule has 21 heavy (non-hydrogen) atoms. The van der Waals surface area contributed by atoms with Crippen LogP contribution < -0.4 is 10.5 Å². The molecule has 0 fully saturated rings. The summed E-state index contributed by atoms with van der Waals surface area (Å²) in [5, 5.41) is 10.7. The molecule has 112 valence electrons. The average molecular weight is 350 g/mol. The highest BCUT2D eigenvalue weighted by Gasteiger charge is 2.24. The van der Waals surface area contributed by atoms with Crippen molar-refractivity contribution in [3.05, 3.63) is 64.1 Å². The van der Waals surface area contributed by atoms with Crippen molar-refractivity contribution in [2.24, 2.45) is 5.73 Å². The molecule has 0 heterocycles. The number of halogens is 1. The molecule has 2 aromatic carbocycles. The SMILES string of the molecule is CCOc1ccccc1C(O)C(CN)c1ccc(Br)cc1. The van der Waals surface area contributed by atoms with Crippen LogP contribution in [0.15, 0.2) is 53.0 Å². The standard InChI is InChI=1S/C17H20BrNO2/c1-2-21-16-6-4-3-5-14(16)17(20)15(11-19)12-7-9-13(18)10-8-12/h3-10,15,17,20H,2,11,19H2,1H3. The van der Waals surface area contributed by atoms with E-state index in [2.05, 4.69) is 15.9 Å². The first-order valence-corrected chi connectivity index (χ1v) is 7.82. The normalized spacial score (nSPS) is 13.7. The smallest absolute Gasteiger partial charge is 0.125 e. The van der Waals surface area contributed by atoms with Crippen molar-refractivity contribution in [1.29, 1.82) is 0 Å². The third-order valence-electron chi connectivity index (χ3n) is 3.47. The molecule has 2 rings (SSSR count). The molecule has 0 aromatic heterocycles. The summed E-state index contributed by atoms with van der Waals surface area (Å²) in [6, 6.07) is 15.4. The van der Waals surface area contributed by atoms with Gasteiger partial charge in [-0.3, -0.25) is 0 Å². The number of aliphatic hydroxyl groups is 1. The lowest BCUT2D eigenvalue weighted by atomic mass is 9.89. The third-order valence-corrected chi connectivity index (χ3v) is 4.00. The van der Waals surface area contributed by atoms with E-state index in [1.54, 1.807) is 0 Å². The fourth-order valence-corrected chi connectivity index (χ4v) is 2.65. The summed E-state index contributed by atoms with van der Waals surface area (Å²) in [6.07, 6.45) is -0.695. The number of aliphatic hydroxyl groups excluding tert-OH is 1. The number of rotatable bonds is 6. The maximum atomic E-state index is 10.7. The van der Waals surface area contributed by atoms with Gasteiger partial charge in [0.2, 0.25) is 0 Å². The largest absolute Gasteiger partial charge is 0.493 e. The van der Waals surface area contributed by atoms with Crippen LogP contribution in [0.5, 0.6) is 5.75 Å². The van der Waals surface area contributed by atoms with E-state index in [1.165, 1.54) is 0 Å². The van der Waals surface area contributed by atoms with Crippen molar-refractivity contribution in [2.75, 3.05) is 13.2 Å². The minimum absolute atomic E-state index is 0.167. The lowest BCUT2D eigenvalue weighted by Gasteiger charge is -2.24. The molecule has 2 unspecified atom stereocenters. The lowest BCUT2D eigenvalue weighted by molar-refractivity contribution is 0.142. The molecule has 3 N–H and O–H groups in total. The topological polar surface area (TPSA) is 55.5 Å². The van der Waals surface area contributed by atoms with Gasteiger partial charge in [-0.2, -0.15) is 0 Å². The molecule has 0 aliphatic heterocycles. The van der Waals surface area contributed by atoms with Crippen molar-refractivity contribution in [2.45, 2.75) is 18.9 Å². The van der Waals surface area contributed by atoms with Gasteiger partial charge in [0.05, 0.1) is 12.7 Å². The summed E-state index contributed by atoms with van der Waals surface area (Å²) in [5.41, 5.74) is 7.68. The first kappa shape index (κ1) is 16.0. The second-order valence-corrected chi connectivity index (χ2v) is 5.73. The van der Waals surface area contributed by atoms with E-state index >= 15 is 0 Å². The van der Waals surface area contributed by atoms with Crippen LogP contribution >= 0.6 is 15.9 Å². The second-order valence-electron chi connectivity index (χ2n) is 4.81. The number of hydrogen-bond donors (Lipinski definition) is 2. The fourth-order valence-electron chi connectivity index (χ4n) is 2.39. The molecule has 0 spiro atoms. The molecule has 0 radical (unpaired) electrons. The Bertz CT molecular complexity index is 571. The van der Waals surface area contributed by atoms with E-state index in [1.807, 2.05) is 55.5 Å². The fraction of sp³-hybridized carbons (Fsp3) is 0.294. The molecular formula is C17H20BrNO2. The van der Waals surface area contributed by atoms with Crippen LogP contribution in [0.25, 0.3) is 0 Å². The number of nitrogens with two attached hydrogens (primary N) is 1. The van der Waals surface area contributed by atoms with Crippen LogP contribution in [0.2, 0.25) is 0 Å². The maximum Gasteiger partial charge on any atom is 0.125 e. The van der Waals surface area contributed by atoms with Crippen LogP contribution in [0.1, 0.15) is 30.1 Å². The number of ether oxygens (including phenoxy) is 1. The Hall–Kier alpha value is -1.36. The van der Waals surface area contributed by atoms with E-state index in [0.29, 0.717) is 18.9 Å². The minimum atomic E-state index is -0.695. The zero-order chi connectivity index (χ0) is 15.2. The highest BCUT2D eigenvalue weighted by atomic mass is 79.9. The summed E-state index contributed by atoms with van der Waals surface area (Å²) in [5.74, 6) is 0.544. The van der Waals surface area contributed by atoms with E-state index < -0.39 is 6.10 Å².